The van der Waals surface area contributed by atoms with Gasteiger partial charge in [-0.3, -0.25) is 4.99 Å². The molecule has 3 rings (SSSR count). The van der Waals surface area contributed by atoms with Gasteiger partial charge in [-0.1, -0.05) is 25.7 Å². The number of aliphatic hydroxyl groups is 1. The molecule has 0 aromatic carbocycles. The van der Waals surface area contributed by atoms with Gasteiger partial charge in [0.05, 0.1) is 12.6 Å². The van der Waals surface area contributed by atoms with Gasteiger partial charge in [0.15, 0.2) is 5.96 Å². The van der Waals surface area contributed by atoms with E-state index >= 15 is 0 Å². The number of hydrogen-bond acceptors (Lipinski definition) is 3. The molecular formula is C20H39IN4O. The van der Waals surface area contributed by atoms with Crippen LogP contribution in [0.3, 0.4) is 0 Å². The quantitative estimate of drug-likeness (QED) is 0.323. The summed E-state index contributed by atoms with van der Waals surface area (Å²) < 4.78 is 0. The summed E-state index contributed by atoms with van der Waals surface area (Å²) in [6, 6.07) is 1.96. The Morgan fingerprint density at radius 3 is 2.35 bits per heavy atom. The fourth-order valence-electron chi connectivity index (χ4n) is 5.10. The molecule has 5 nitrogen and oxygen atoms in total. The van der Waals surface area contributed by atoms with Gasteiger partial charge in [-0.25, -0.2) is 0 Å². The fourth-order valence-corrected chi connectivity index (χ4v) is 5.10. The highest BCUT2D eigenvalue weighted by atomic mass is 127. The molecular weight excluding hydrogens is 439 g/mol. The van der Waals surface area contributed by atoms with Crippen LogP contribution in [0.4, 0.5) is 0 Å². The Morgan fingerprint density at radius 2 is 1.73 bits per heavy atom. The van der Waals surface area contributed by atoms with E-state index in [0.29, 0.717) is 18.5 Å². The van der Waals surface area contributed by atoms with Crippen LogP contribution in [0.25, 0.3) is 0 Å². The molecule has 3 fully saturated rings. The third kappa shape index (κ3) is 5.96. The first kappa shape index (κ1) is 22.2. The van der Waals surface area contributed by atoms with Crippen LogP contribution in [0, 0.1) is 5.92 Å². The SMILES string of the molecule is CCNC(=NCC(O)C1CCCCC1)NC1CC2CCCC(C1)N2C.I. The van der Waals surface area contributed by atoms with Gasteiger partial charge in [0, 0.05) is 24.7 Å². The van der Waals surface area contributed by atoms with Crippen LogP contribution in [0.15, 0.2) is 4.99 Å². The van der Waals surface area contributed by atoms with Crippen LogP contribution >= 0.6 is 24.0 Å². The topological polar surface area (TPSA) is 59.9 Å². The third-order valence-electron chi connectivity index (χ3n) is 6.66. The standard InChI is InChI=1S/C20H38N4O.HI/c1-3-21-20(22-14-19(25)15-8-5-4-6-9-15)23-16-12-17-10-7-11-18(13-16)24(17)2;/h15-19,25H,3-14H2,1-2H3,(H2,21,22,23);1H. The summed E-state index contributed by atoms with van der Waals surface area (Å²) in [6.45, 7) is 3.50. The van der Waals surface area contributed by atoms with Crippen LogP contribution in [-0.4, -0.2) is 60.3 Å². The van der Waals surface area contributed by atoms with E-state index in [1.165, 1.54) is 64.2 Å². The number of piperidine rings is 2. The van der Waals surface area contributed by atoms with Crippen molar-refractivity contribution in [2.45, 2.75) is 95.4 Å². The van der Waals surface area contributed by atoms with Crippen LogP contribution in [0.5, 0.6) is 0 Å². The predicted molar refractivity (Wildman–Crippen MR) is 119 cm³/mol. The van der Waals surface area contributed by atoms with E-state index in [9.17, 15) is 5.11 Å². The lowest BCUT2D eigenvalue weighted by molar-refractivity contribution is 0.0525. The molecule has 2 bridgehead atoms. The van der Waals surface area contributed by atoms with E-state index < -0.39 is 0 Å². The Balaban J connectivity index is 0.00000243. The maximum atomic E-state index is 10.5. The highest BCUT2D eigenvalue weighted by Crippen LogP contribution is 2.32. The van der Waals surface area contributed by atoms with Gasteiger partial charge in [0.1, 0.15) is 0 Å². The molecule has 3 atom stereocenters. The molecule has 152 valence electrons. The van der Waals surface area contributed by atoms with Crippen molar-refractivity contribution < 1.29 is 5.11 Å². The molecule has 2 saturated heterocycles. The van der Waals surface area contributed by atoms with Crippen LogP contribution in [-0.2, 0) is 0 Å². The van der Waals surface area contributed by atoms with E-state index in [1.54, 1.807) is 0 Å². The second-order valence-electron chi connectivity index (χ2n) is 8.40. The summed E-state index contributed by atoms with van der Waals surface area (Å²) in [5, 5.41) is 17.5. The minimum absolute atomic E-state index is 0. The largest absolute Gasteiger partial charge is 0.391 e. The molecule has 0 aromatic heterocycles. The highest BCUT2D eigenvalue weighted by Gasteiger charge is 2.36. The maximum Gasteiger partial charge on any atom is 0.191 e. The Hall–Kier alpha value is -0.0800. The van der Waals surface area contributed by atoms with Crippen molar-refractivity contribution >= 4 is 29.9 Å². The Bertz CT molecular complexity index is 428. The van der Waals surface area contributed by atoms with Gasteiger partial charge in [0.25, 0.3) is 0 Å². The molecule has 3 unspecified atom stereocenters. The second-order valence-corrected chi connectivity index (χ2v) is 8.40. The summed E-state index contributed by atoms with van der Waals surface area (Å²) in [5.41, 5.74) is 0. The average molecular weight is 478 g/mol. The van der Waals surface area contributed by atoms with Crippen LogP contribution in [0.2, 0.25) is 0 Å². The fraction of sp³-hybridized carbons (Fsp3) is 0.950. The summed E-state index contributed by atoms with van der Waals surface area (Å²) in [6.07, 6.45) is 12.4. The minimum Gasteiger partial charge on any atom is -0.391 e. The van der Waals surface area contributed by atoms with Gasteiger partial charge in [-0.2, -0.15) is 0 Å². The zero-order valence-corrected chi connectivity index (χ0v) is 19.0. The monoisotopic (exact) mass is 478 g/mol. The number of rotatable bonds is 5. The minimum atomic E-state index is -0.285. The molecule has 0 aromatic rings. The summed E-state index contributed by atoms with van der Waals surface area (Å²) in [4.78, 5) is 7.32. The lowest BCUT2D eigenvalue weighted by atomic mass is 9.82. The molecule has 26 heavy (non-hydrogen) atoms. The van der Waals surface area contributed by atoms with Crippen LogP contribution in [0.1, 0.15) is 71.1 Å². The van der Waals surface area contributed by atoms with Gasteiger partial charge in [-0.15, -0.1) is 24.0 Å². The third-order valence-corrected chi connectivity index (χ3v) is 6.66. The Morgan fingerprint density at radius 1 is 1.08 bits per heavy atom. The van der Waals surface area contributed by atoms with Crippen molar-refractivity contribution in [1.82, 2.24) is 15.5 Å². The van der Waals surface area contributed by atoms with Crippen molar-refractivity contribution in [3.8, 4) is 0 Å². The van der Waals surface area contributed by atoms with Gasteiger partial charge >= 0.3 is 0 Å². The van der Waals surface area contributed by atoms with E-state index in [-0.39, 0.29) is 30.1 Å². The first-order valence-corrected chi connectivity index (χ1v) is 10.6. The maximum absolute atomic E-state index is 10.5. The second kappa shape index (κ2) is 11.1. The molecule has 3 N–H and O–H groups in total. The number of hydrogen-bond donors (Lipinski definition) is 3. The lowest BCUT2D eigenvalue weighted by Gasteiger charge is -2.47. The number of guanidine groups is 1. The van der Waals surface area contributed by atoms with Gasteiger partial charge in [-0.05, 0) is 58.4 Å². The number of nitrogens with zero attached hydrogens (tertiary/aromatic N) is 2. The number of nitrogens with one attached hydrogen (secondary N) is 2. The first-order valence-electron chi connectivity index (χ1n) is 10.6. The number of aliphatic hydroxyl groups excluding tert-OH is 1. The molecule has 1 saturated carbocycles. The number of aliphatic imine (C=N–C) groups is 1. The zero-order valence-electron chi connectivity index (χ0n) is 16.6. The van der Waals surface area contributed by atoms with E-state index in [0.717, 1.165) is 24.6 Å². The van der Waals surface area contributed by atoms with Crippen molar-refractivity contribution in [1.29, 1.82) is 0 Å². The molecule has 2 heterocycles. The molecule has 3 aliphatic rings. The summed E-state index contributed by atoms with van der Waals surface area (Å²) >= 11 is 0. The van der Waals surface area contributed by atoms with Crippen molar-refractivity contribution in [3.63, 3.8) is 0 Å². The predicted octanol–water partition coefficient (Wildman–Crippen LogP) is 3.12. The van der Waals surface area contributed by atoms with E-state index in [4.69, 9.17) is 4.99 Å². The van der Waals surface area contributed by atoms with Crippen molar-refractivity contribution in [3.05, 3.63) is 0 Å². The smallest absolute Gasteiger partial charge is 0.191 e. The molecule has 0 spiro atoms. The highest BCUT2D eigenvalue weighted by molar-refractivity contribution is 14.0. The zero-order chi connectivity index (χ0) is 17.6. The first-order chi connectivity index (χ1) is 12.2. The molecule has 0 radical (unpaired) electrons. The molecule has 2 aliphatic heterocycles. The summed E-state index contributed by atoms with van der Waals surface area (Å²) in [7, 11) is 2.30. The van der Waals surface area contributed by atoms with Crippen molar-refractivity contribution in [2.75, 3.05) is 20.1 Å². The van der Waals surface area contributed by atoms with Crippen molar-refractivity contribution in [2.24, 2.45) is 10.9 Å². The number of fused-ring (bicyclic) bond motifs is 2. The Kier molecular flexibility index (Phi) is 9.44. The molecule has 1 aliphatic carbocycles. The van der Waals surface area contributed by atoms with Gasteiger partial charge in [0.2, 0.25) is 0 Å². The van der Waals surface area contributed by atoms with Gasteiger partial charge < -0.3 is 20.6 Å². The molecule has 0 amide bonds. The van der Waals surface area contributed by atoms with Crippen LogP contribution < -0.4 is 10.6 Å². The number of halogens is 1. The lowest BCUT2D eigenvalue weighted by Crippen LogP contribution is -2.56. The van der Waals surface area contributed by atoms with E-state index in [2.05, 4.69) is 29.5 Å². The molecule has 6 heteroatoms. The summed E-state index contributed by atoms with van der Waals surface area (Å²) in [5.74, 6) is 1.34. The Labute approximate surface area is 176 Å². The van der Waals surface area contributed by atoms with E-state index in [1.807, 2.05) is 0 Å². The average Bonchev–Trinajstić information content (AvgIpc) is 2.61. The normalized spacial score (nSPS) is 31.8.